The van der Waals surface area contributed by atoms with Gasteiger partial charge in [0.05, 0.1) is 25.9 Å². The van der Waals surface area contributed by atoms with E-state index < -0.39 is 57.9 Å². The molecule has 0 aliphatic rings. The molecule has 11 nitrogen and oxygen atoms in total. The van der Waals surface area contributed by atoms with Crippen molar-refractivity contribution in [3.63, 3.8) is 0 Å². The Morgan fingerprint density at radius 1 is 0.583 bits per heavy atom. The maximum atomic E-state index is 12.6. The lowest BCUT2D eigenvalue weighted by Crippen LogP contribution is -2.29. The third kappa shape index (κ3) is 41.6. The first-order chi connectivity index (χ1) is 29.1. The van der Waals surface area contributed by atoms with Crippen LogP contribution in [0, 0.1) is 0 Å². The van der Waals surface area contributed by atoms with Crippen LogP contribution in [0.5, 0.6) is 0 Å². The van der Waals surface area contributed by atoms with Crippen molar-refractivity contribution >= 4 is 19.8 Å². The van der Waals surface area contributed by atoms with Gasteiger partial charge in [0.25, 0.3) is 0 Å². The van der Waals surface area contributed by atoms with Gasteiger partial charge < -0.3 is 29.7 Å². The second kappa shape index (κ2) is 42.5. The number of unbranched alkanes of at least 4 members (excludes halogenated alkanes) is 10. The summed E-state index contributed by atoms with van der Waals surface area (Å²) in [5.74, 6) is -1.07. The Morgan fingerprint density at radius 3 is 1.78 bits per heavy atom. The average molecular weight is 863 g/mol. The summed E-state index contributed by atoms with van der Waals surface area (Å²) in [6, 6.07) is 0. The molecule has 0 aliphatic heterocycles. The van der Waals surface area contributed by atoms with E-state index in [4.69, 9.17) is 19.1 Å². The Hall–Kier alpha value is -3.15. The van der Waals surface area contributed by atoms with Crippen LogP contribution >= 0.6 is 7.82 Å². The van der Waals surface area contributed by atoms with E-state index in [0.717, 1.165) is 57.8 Å². The molecule has 0 bridgehead atoms. The fourth-order valence-corrected chi connectivity index (χ4v) is 6.16. The number of phosphoric acid groups is 1. The predicted molar refractivity (Wildman–Crippen MR) is 243 cm³/mol. The standard InChI is InChI=1S/C48H79O11P/c1-3-5-7-9-11-12-13-14-15-16-17-18-19-24-27-31-35-39-48(53)59-46(43-58-60(54,55)57-41-45(51)40-49)42-56-47(52)38-34-30-26-23-21-20-22-25-29-33-37-44(50)36-32-28-10-8-6-4-2/h6,8,11-12,14-15,20-21,25-26,28-30,32-33,37,44-46,49-51H,3-5,7,9-10,13,16-19,22-24,27,31,34-36,38-43H2,1-2H3,(H,54,55)/b8-6-,12-11-,15-14-,21-20-,29-25-,30-26-,32-28-,37-33+/t44?,45-,46+/m0/s1. The number of hydrogen-bond acceptors (Lipinski definition) is 10. The fraction of sp³-hybridized carbons (Fsp3) is 0.625. The van der Waals surface area contributed by atoms with Crippen molar-refractivity contribution < 1.29 is 52.9 Å². The maximum absolute atomic E-state index is 12.6. The molecular weight excluding hydrogens is 783 g/mol. The van der Waals surface area contributed by atoms with Crippen LogP contribution in [-0.4, -0.2) is 76.9 Å². The third-order valence-corrected chi connectivity index (χ3v) is 9.77. The van der Waals surface area contributed by atoms with Gasteiger partial charge in [0.2, 0.25) is 0 Å². The number of esters is 2. The van der Waals surface area contributed by atoms with E-state index in [1.807, 2.05) is 48.6 Å². The van der Waals surface area contributed by atoms with Gasteiger partial charge in [0, 0.05) is 12.8 Å². The average Bonchev–Trinajstić information content (AvgIpc) is 3.23. The highest BCUT2D eigenvalue weighted by atomic mass is 31.2. The zero-order chi connectivity index (χ0) is 44.2. The van der Waals surface area contributed by atoms with Crippen molar-refractivity contribution in [1.29, 1.82) is 0 Å². The summed E-state index contributed by atoms with van der Waals surface area (Å²) >= 11 is 0. The first-order valence-electron chi connectivity index (χ1n) is 22.3. The molecule has 0 heterocycles. The van der Waals surface area contributed by atoms with Crippen LogP contribution in [0.25, 0.3) is 0 Å². The van der Waals surface area contributed by atoms with E-state index in [1.165, 1.54) is 38.5 Å². The molecule has 4 atom stereocenters. The zero-order valence-corrected chi connectivity index (χ0v) is 37.6. The molecule has 2 unspecified atom stereocenters. The first-order valence-corrected chi connectivity index (χ1v) is 23.8. The third-order valence-electron chi connectivity index (χ3n) is 8.82. The molecule has 0 rings (SSSR count). The summed E-state index contributed by atoms with van der Waals surface area (Å²) in [5.41, 5.74) is 0. The number of phosphoric ester groups is 1. The lowest BCUT2D eigenvalue weighted by molar-refractivity contribution is -0.161. The number of ether oxygens (including phenoxy) is 2. The highest BCUT2D eigenvalue weighted by Crippen LogP contribution is 2.43. The normalized spacial score (nSPS) is 15.2. The van der Waals surface area contributed by atoms with Gasteiger partial charge in [-0.25, -0.2) is 4.57 Å². The number of rotatable bonds is 40. The van der Waals surface area contributed by atoms with Crippen LogP contribution in [0.1, 0.15) is 149 Å². The van der Waals surface area contributed by atoms with Crippen molar-refractivity contribution in [3.8, 4) is 0 Å². The quantitative estimate of drug-likeness (QED) is 0.0152. The molecular formula is C48H79O11P. The number of carbonyl (C=O) groups excluding carboxylic acids is 2. The minimum absolute atomic E-state index is 0.0859. The van der Waals surface area contributed by atoms with Crippen LogP contribution < -0.4 is 0 Å². The van der Waals surface area contributed by atoms with Gasteiger partial charge in [0.1, 0.15) is 12.7 Å². The molecule has 0 spiro atoms. The molecule has 0 aliphatic carbocycles. The molecule has 0 fully saturated rings. The molecule has 0 saturated carbocycles. The number of aliphatic hydroxyl groups is 3. The Bertz CT molecular complexity index is 1330. The summed E-state index contributed by atoms with van der Waals surface area (Å²) in [5, 5.41) is 28.3. The Kier molecular flexibility index (Phi) is 40.3. The lowest BCUT2D eigenvalue weighted by Gasteiger charge is -2.20. The van der Waals surface area contributed by atoms with Gasteiger partial charge in [-0.05, 0) is 77.0 Å². The Morgan fingerprint density at radius 2 is 1.13 bits per heavy atom. The van der Waals surface area contributed by atoms with E-state index in [9.17, 15) is 29.3 Å². The second-order valence-electron chi connectivity index (χ2n) is 14.5. The van der Waals surface area contributed by atoms with Crippen molar-refractivity contribution in [3.05, 3.63) is 97.2 Å². The Balaban J connectivity index is 4.49. The SMILES string of the molecule is CC/C=C\C/C=C\CC(O)/C=C/C=C\C/C=C\C/C=C\CCC(=O)OC[C@H](COP(=O)(O)OC[C@@H](O)CO)OC(=O)CCCCCCCCC/C=C\C/C=C\CCCCC. The minimum Gasteiger partial charge on any atom is -0.462 e. The molecule has 342 valence electrons. The molecule has 12 heteroatoms. The number of hydrogen-bond donors (Lipinski definition) is 4. The fourth-order valence-electron chi connectivity index (χ4n) is 5.37. The van der Waals surface area contributed by atoms with E-state index in [2.05, 4.69) is 60.9 Å². The molecule has 0 aromatic rings. The minimum atomic E-state index is -4.66. The topological polar surface area (TPSA) is 169 Å². The smallest absolute Gasteiger partial charge is 0.462 e. The van der Waals surface area contributed by atoms with Crippen molar-refractivity contribution in [2.45, 2.75) is 167 Å². The molecule has 60 heavy (non-hydrogen) atoms. The summed E-state index contributed by atoms with van der Waals surface area (Å²) < 4.78 is 32.6. The summed E-state index contributed by atoms with van der Waals surface area (Å²) in [6.07, 6.45) is 48.4. The van der Waals surface area contributed by atoms with Crippen LogP contribution in [0.4, 0.5) is 0 Å². The zero-order valence-electron chi connectivity index (χ0n) is 36.7. The van der Waals surface area contributed by atoms with Gasteiger partial charge in [0.15, 0.2) is 6.10 Å². The van der Waals surface area contributed by atoms with Gasteiger partial charge in [-0.2, -0.15) is 0 Å². The molecule has 0 aromatic heterocycles. The van der Waals surface area contributed by atoms with Crippen LogP contribution in [0.15, 0.2) is 97.2 Å². The Labute approximate surface area is 362 Å². The number of allylic oxidation sites excluding steroid dienone is 14. The summed E-state index contributed by atoms with van der Waals surface area (Å²) in [6.45, 7) is 2.05. The van der Waals surface area contributed by atoms with Crippen LogP contribution in [-0.2, 0) is 32.7 Å². The molecule has 0 radical (unpaired) electrons. The molecule has 4 N–H and O–H groups in total. The van der Waals surface area contributed by atoms with Crippen molar-refractivity contribution in [2.24, 2.45) is 0 Å². The van der Waals surface area contributed by atoms with E-state index in [-0.39, 0.29) is 19.4 Å². The number of aliphatic hydroxyl groups excluding tert-OH is 3. The first kappa shape index (κ1) is 56.9. The van der Waals surface area contributed by atoms with E-state index in [1.54, 1.807) is 6.08 Å². The molecule has 0 saturated heterocycles. The largest absolute Gasteiger partial charge is 0.472 e. The summed E-state index contributed by atoms with van der Waals surface area (Å²) in [7, 11) is -4.66. The lowest BCUT2D eigenvalue weighted by atomic mass is 10.1. The van der Waals surface area contributed by atoms with Gasteiger partial charge in [-0.1, -0.05) is 156 Å². The van der Waals surface area contributed by atoms with Gasteiger partial charge in [-0.15, -0.1) is 0 Å². The second-order valence-corrected chi connectivity index (χ2v) is 16.0. The van der Waals surface area contributed by atoms with E-state index in [0.29, 0.717) is 25.7 Å². The predicted octanol–water partition coefficient (Wildman–Crippen LogP) is 11.0. The monoisotopic (exact) mass is 863 g/mol. The summed E-state index contributed by atoms with van der Waals surface area (Å²) in [4.78, 5) is 35.0. The van der Waals surface area contributed by atoms with Crippen molar-refractivity contribution in [1.82, 2.24) is 0 Å². The van der Waals surface area contributed by atoms with E-state index >= 15 is 0 Å². The highest BCUT2D eigenvalue weighted by Gasteiger charge is 2.27. The van der Waals surface area contributed by atoms with Gasteiger partial charge in [-0.3, -0.25) is 18.6 Å². The molecule has 0 amide bonds. The number of carbonyl (C=O) groups is 2. The van der Waals surface area contributed by atoms with Gasteiger partial charge >= 0.3 is 19.8 Å². The maximum Gasteiger partial charge on any atom is 0.472 e. The highest BCUT2D eigenvalue weighted by molar-refractivity contribution is 7.47. The molecule has 0 aromatic carbocycles. The van der Waals surface area contributed by atoms with Crippen LogP contribution in [0.2, 0.25) is 0 Å². The van der Waals surface area contributed by atoms with Crippen molar-refractivity contribution in [2.75, 3.05) is 26.4 Å². The van der Waals surface area contributed by atoms with Crippen LogP contribution in [0.3, 0.4) is 0 Å².